The van der Waals surface area contributed by atoms with E-state index in [1.807, 2.05) is 0 Å². The van der Waals surface area contributed by atoms with Gasteiger partial charge in [-0.15, -0.1) is 0 Å². The zero-order valence-electron chi connectivity index (χ0n) is 32.6. The number of anilines is 3. The number of hydrogen-bond donors (Lipinski definition) is 0. The van der Waals surface area contributed by atoms with Gasteiger partial charge in [-0.25, -0.2) is 0 Å². The van der Waals surface area contributed by atoms with Crippen LogP contribution < -0.4 is 4.90 Å². The normalized spacial score (nSPS) is 11.1. The molecule has 0 heterocycles. The highest BCUT2D eigenvalue weighted by molar-refractivity contribution is 5.99. The standard InChI is InChI=1S/C58H41N/c1-4-14-42(15-5-1)44-28-34-52(35-29-44)59(54-38-32-48(33-39-54)56-25-13-20-47-26-27-50(41-58(47)56)43-16-6-2-7-17-43)53-36-30-45(31-37-53)49-21-12-22-51(40-49)57-24-11-10-23-55(57)46-18-8-3-9-19-46/h1-41H. The van der Waals surface area contributed by atoms with Crippen LogP contribution in [0, 0.1) is 0 Å². The summed E-state index contributed by atoms with van der Waals surface area (Å²) in [6.07, 6.45) is 0. The smallest absolute Gasteiger partial charge is 0.0462 e. The SMILES string of the molecule is c1ccc(-c2ccc(N(c3ccc(-c4cccc(-c5ccccc5-c5ccccc5)c4)cc3)c3ccc(-c4cccc5ccc(-c6ccccc6)cc45)cc3)cc2)cc1. The number of hydrogen-bond acceptors (Lipinski definition) is 1. The molecule has 0 fully saturated rings. The van der Waals surface area contributed by atoms with Gasteiger partial charge in [-0.1, -0.05) is 200 Å². The molecule has 0 saturated carbocycles. The molecule has 0 aliphatic heterocycles. The maximum Gasteiger partial charge on any atom is 0.0462 e. The molecular weight excluding hydrogens is 711 g/mol. The highest BCUT2D eigenvalue weighted by Gasteiger charge is 2.15. The summed E-state index contributed by atoms with van der Waals surface area (Å²) in [6, 6.07) is 89.7. The topological polar surface area (TPSA) is 3.24 Å². The quantitative estimate of drug-likeness (QED) is 0.142. The fraction of sp³-hybridized carbons (Fsp3) is 0. The lowest BCUT2D eigenvalue weighted by molar-refractivity contribution is 1.28. The lowest BCUT2D eigenvalue weighted by Crippen LogP contribution is -2.09. The monoisotopic (exact) mass is 751 g/mol. The van der Waals surface area contributed by atoms with Gasteiger partial charge >= 0.3 is 0 Å². The van der Waals surface area contributed by atoms with E-state index in [1.54, 1.807) is 0 Å². The summed E-state index contributed by atoms with van der Waals surface area (Å²) < 4.78 is 0. The summed E-state index contributed by atoms with van der Waals surface area (Å²) in [7, 11) is 0. The molecule has 278 valence electrons. The summed E-state index contributed by atoms with van der Waals surface area (Å²) in [5, 5.41) is 2.48. The molecule has 10 aromatic rings. The van der Waals surface area contributed by atoms with Gasteiger partial charge in [0.1, 0.15) is 0 Å². The summed E-state index contributed by atoms with van der Waals surface area (Å²) in [6.45, 7) is 0. The molecule has 1 nitrogen and oxygen atoms in total. The van der Waals surface area contributed by atoms with Crippen LogP contribution >= 0.6 is 0 Å². The Kier molecular flexibility index (Phi) is 9.68. The maximum atomic E-state index is 2.35. The van der Waals surface area contributed by atoms with Gasteiger partial charge in [0.2, 0.25) is 0 Å². The highest BCUT2D eigenvalue weighted by Crippen LogP contribution is 2.40. The van der Waals surface area contributed by atoms with Gasteiger partial charge in [-0.05, 0) is 126 Å². The molecule has 0 aliphatic rings. The average molecular weight is 752 g/mol. The number of rotatable bonds is 9. The van der Waals surface area contributed by atoms with Gasteiger partial charge in [0, 0.05) is 17.1 Å². The molecule has 59 heavy (non-hydrogen) atoms. The fourth-order valence-corrected chi connectivity index (χ4v) is 8.28. The second-order valence-corrected chi connectivity index (χ2v) is 14.9. The van der Waals surface area contributed by atoms with E-state index in [9.17, 15) is 0 Å². The summed E-state index contributed by atoms with van der Waals surface area (Å²) >= 11 is 0. The van der Waals surface area contributed by atoms with Gasteiger partial charge in [0.05, 0.1) is 0 Å². The molecule has 0 saturated heterocycles. The van der Waals surface area contributed by atoms with Crippen LogP contribution in [0.15, 0.2) is 249 Å². The van der Waals surface area contributed by atoms with Crippen LogP contribution in [0.2, 0.25) is 0 Å². The number of fused-ring (bicyclic) bond motifs is 1. The van der Waals surface area contributed by atoms with Crippen molar-refractivity contribution in [1.29, 1.82) is 0 Å². The van der Waals surface area contributed by atoms with E-state index in [-0.39, 0.29) is 0 Å². The Balaban J connectivity index is 1.01. The first-order chi connectivity index (χ1) is 29.2. The highest BCUT2D eigenvalue weighted by atomic mass is 15.1. The van der Waals surface area contributed by atoms with Crippen LogP contribution in [0.3, 0.4) is 0 Å². The molecule has 1 heteroatoms. The molecule has 0 N–H and O–H groups in total. The summed E-state index contributed by atoms with van der Waals surface area (Å²) in [5.74, 6) is 0. The van der Waals surface area contributed by atoms with Crippen LogP contribution in [-0.4, -0.2) is 0 Å². The van der Waals surface area contributed by atoms with Crippen molar-refractivity contribution < 1.29 is 0 Å². The van der Waals surface area contributed by atoms with Crippen LogP contribution in [0.5, 0.6) is 0 Å². The van der Waals surface area contributed by atoms with Crippen molar-refractivity contribution >= 4 is 27.8 Å². The van der Waals surface area contributed by atoms with Gasteiger partial charge in [0.15, 0.2) is 0 Å². The van der Waals surface area contributed by atoms with Crippen molar-refractivity contribution in [2.24, 2.45) is 0 Å². The van der Waals surface area contributed by atoms with E-state index in [4.69, 9.17) is 0 Å². The predicted octanol–water partition coefficient (Wildman–Crippen LogP) is 16.3. The Morgan fingerprint density at radius 3 is 1.15 bits per heavy atom. The van der Waals surface area contributed by atoms with Crippen molar-refractivity contribution in [2.45, 2.75) is 0 Å². The van der Waals surface area contributed by atoms with Gasteiger partial charge in [-0.3, -0.25) is 0 Å². The van der Waals surface area contributed by atoms with Crippen LogP contribution in [0.4, 0.5) is 17.1 Å². The first-order valence-electron chi connectivity index (χ1n) is 20.2. The number of benzene rings is 10. The third-order valence-corrected chi connectivity index (χ3v) is 11.3. The van der Waals surface area contributed by atoms with Crippen LogP contribution in [0.25, 0.3) is 77.5 Å². The van der Waals surface area contributed by atoms with Crippen molar-refractivity contribution in [3.05, 3.63) is 249 Å². The molecular formula is C58H41N. The second kappa shape index (κ2) is 16.0. The van der Waals surface area contributed by atoms with E-state index >= 15 is 0 Å². The second-order valence-electron chi connectivity index (χ2n) is 14.9. The molecule has 0 radical (unpaired) electrons. The Morgan fingerprint density at radius 1 is 0.203 bits per heavy atom. The van der Waals surface area contributed by atoms with E-state index in [1.165, 1.54) is 77.5 Å². The predicted molar refractivity (Wildman–Crippen MR) is 251 cm³/mol. The Hall–Kier alpha value is -7.74. The minimum atomic E-state index is 1.09. The first kappa shape index (κ1) is 35.7. The third-order valence-electron chi connectivity index (χ3n) is 11.3. The Bertz CT molecular complexity index is 2990. The lowest BCUT2D eigenvalue weighted by Gasteiger charge is -2.26. The van der Waals surface area contributed by atoms with Crippen molar-refractivity contribution in [3.8, 4) is 66.8 Å². The van der Waals surface area contributed by atoms with Crippen molar-refractivity contribution in [1.82, 2.24) is 0 Å². The van der Waals surface area contributed by atoms with Crippen molar-refractivity contribution in [3.63, 3.8) is 0 Å². The van der Waals surface area contributed by atoms with Crippen molar-refractivity contribution in [2.75, 3.05) is 4.90 Å². The van der Waals surface area contributed by atoms with Gasteiger partial charge in [-0.2, -0.15) is 0 Å². The zero-order valence-corrected chi connectivity index (χ0v) is 32.6. The molecule has 0 amide bonds. The average Bonchev–Trinajstić information content (AvgIpc) is 3.33. The molecule has 0 unspecified atom stereocenters. The van der Waals surface area contributed by atoms with E-state index in [2.05, 4.69) is 254 Å². The molecule has 10 aromatic carbocycles. The van der Waals surface area contributed by atoms with Gasteiger partial charge in [0.25, 0.3) is 0 Å². The minimum Gasteiger partial charge on any atom is -0.311 e. The molecule has 0 aromatic heterocycles. The zero-order chi connectivity index (χ0) is 39.4. The van der Waals surface area contributed by atoms with Gasteiger partial charge < -0.3 is 4.90 Å². The van der Waals surface area contributed by atoms with E-state index < -0.39 is 0 Å². The van der Waals surface area contributed by atoms with E-state index in [0.717, 1.165) is 17.1 Å². The minimum absolute atomic E-state index is 1.09. The van der Waals surface area contributed by atoms with Crippen LogP contribution in [0.1, 0.15) is 0 Å². The van der Waals surface area contributed by atoms with E-state index in [0.29, 0.717) is 0 Å². The summed E-state index contributed by atoms with van der Waals surface area (Å²) in [5.41, 5.74) is 17.8. The molecule has 0 atom stereocenters. The lowest BCUT2D eigenvalue weighted by atomic mass is 9.92. The molecule has 0 bridgehead atoms. The maximum absolute atomic E-state index is 2.35. The Labute approximate surface area is 346 Å². The third kappa shape index (κ3) is 7.34. The number of nitrogens with zero attached hydrogens (tertiary/aromatic N) is 1. The molecule has 0 aliphatic carbocycles. The molecule has 10 rings (SSSR count). The molecule has 0 spiro atoms. The summed E-state index contributed by atoms with van der Waals surface area (Å²) in [4.78, 5) is 2.35. The first-order valence-corrected chi connectivity index (χ1v) is 20.2. The van der Waals surface area contributed by atoms with Crippen LogP contribution in [-0.2, 0) is 0 Å². The Morgan fingerprint density at radius 2 is 0.559 bits per heavy atom. The fourth-order valence-electron chi connectivity index (χ4n) is 8.28. The largest absolute Gasteiger partial charge is 0.311 e.